The molecule has 12 heavy (non-hydrogen) atoms. The average molecular weight is 166 g/mol. The van der Waals surface area contributed by atoms with E-state index in [2.05, 4.69) is 32.6 Å². The van der Waals surface area contributed by atoms with Gasteiger partial charge >= 0.3 is 0 Å². The van der Waals surface area contributed by atoms with Gasteiger partial charge in [0.25, 0.3) is 0 Å². The van der Waals surface area contributed by atoms with Crippen LogP contribution >= 0.6 is 0 Å². The lowest BCUT2D eigenvalue weighted by Crippen LogP contribution is -1.87. The molecule has 0 saturated heterocycles. The van der Waals surface area contributed by atoms with Gasteiger partial charge in [0, 0.05) is 12.3 Å². The summed E-state index contributed by atoms with van der Waals surface area (Å²) in [4.78, 5) is 0. The molecule has 0 radical (unpaired) electrons. The Hall–Kier alpha value is -0.440. The van der Waals surface area contributed by atoms with Gasteiger partial charge in [0.15, 0.2) is 0 Å². The minimum Gasteiger partial charge on any atom is -0.103 e. The van der Waals surface area contributed by atoms with Crippen molar-refractivity contribution in [3.63, 3.8) is 0 Å². The first-order valence-corrected chi connectivity index (χ1v) is 5.29. The second-order valence-electron chi connectivity index (χ2n) is 3.47. The lowest BCUT2D eigenvalue weighted by atomic mass is 10.1. The first-order valence-electron chi connectivity index (χ1n) is 5.29. The summed E-state index contributed by atoms with van der Waals surface area (Å²) in [6.45, 7) is 6.67. The second-order valence-corrected chi connectivity index (χ2v) is 3.47. The smallest absolute Gasteiger partial charge is 0.0174 e. The van der Waals surface area contributed by atoms with E-state index in [1.165, 1.54) is 32.1 Å². The first-order chi connectivity index (χ1) is 5.81. The summed E-state index contributed by atoms with van der Waals surface area (Å²) in [5.74, 6) is 7.16. The quantitative estimate of drug-likeness (QED) is 0.427. The summed E-state index contributed by atoms with van der Waals surface area (Å²) in [6, 6.07) is 0. The molecule has 0 aromatic rings. The maximum atomic E-state index is 3.29. The molecule has 1 atom stereocenters. The lowest BCUT2D eigenvalue weighted by Gasteiger charge is -1.98. The van der Waals surface area contributed by atoms with Crippen LogP contribution in [0.5, 0.6) is 0 Å². The van der Waals surface area contributed by atoms with Crippen LogP contribution in [0.4, 0.5) is 0 Å². The molecular formula is C12H22. The second kappa shape index (κ2) is 8.65. The van der Waals surface area contributed by atoms with Gasteiger partial charge in [0.1, 0.15) is 0 Å². The van der Waals surface area contributed by atoms with Crippen molar-refractivity contribution < 1.29 is 0 Å². The van der Waals surface area contributed by atoms with Crippen LogP contribution in [-0.2, 0) is 0 Å². The zero-order chi connectivity index (χ0) is 9.23. The van der Waals surface area contributed by atoms with E-state index in [1.54, 1.807) is 0 Å². The van der Waals surface area contributed by atoms with Gasteiger partial charge in [-0.25, -0.2) is 0 Å². The van der Waals surface area contributed by atoms with Crippen molar-refractivity contribution in [3.8, 4) is 11.8 Å². The molecule has 0 heterocycles. The summed E-state index contributed by atoms with van der Waals surface area (Å²) in [5, 5.41) is 0. The molecular weight excluding hydrogens is 144 g/mol. The summed E-state index contributed by atoms with van der Waals surface area (Å²) >= 11 is 0. The highest BCUT2D eigenvalue weighted by atomic mass is 14.0. The molecule has 0 spiro atoms. The SMILES string of the molecule is CCCCCC#CC(C)CCC. The highest BCUT2D eigenvalue weighted by molar-refractivity contribution is 5.02. The van der Waals surface area contributed by atoms with Crippen LogP contribution in [0.15, 0.2) is 0 Å². The number of hydrogen-bond acceptors (Lipinski definition) is 0. The fourth-order valence-corrected chi connectivity index (χ4v) is 1.21. The largest absolute Gasteiger partial charge is 0.103 e. The Bertz CT molecular complexity index is 136. The third kappa shape index (κ3) is 7.66. The van der Waals surface area contributed by atoms with Gasteiger partial charge in [-0.05, 0) is 12.8 Å². The predicted octanol–water partition coefficient (Wildman–Crippen LogP) is 4.01. The number of hydrogen-bond donors (Lipinski definition) is 0. The molecule has 0 N–H and O–H groups in total. The molecule has 0 aromatic heterocycles. The van der Waals surface area contributed by atoms with E-state index in [1.807, 2.05) is 0 Å². The Morgan fingerprint density at radius 3 is 2.42 bits per heavy atom. The molecule has 0 aliphatic heterocycles. The Labute approximate surface area is 77.8 Å². The zero-order valence-corrected chi connectivity index (χ0v) is 8.82. The van der Waals surface area contributed by atoms with E-state index in [9.17, 15) is 0 Å². The third-order valence-corrected chi connectivity index (χ3v) is 1.98. The molecule has 0 heteroatoms. The van der Waals surface area contributed by atoms with E-state index >= 15 is 0 Å². The molecule has 0 rings (SSSR count). The third-order valence-electron chi connectivity index (χ3n) is 1.98. The van der Waals surface area contributed by atoms with Crippen molar-refractivity contribution in [2.45, 2.75) is 59.3 Å². The molecule has 1 unspecified atom stereocenters. The number of unbranched alkanes of at least 4 members (excludes halogenated alkanes) is 3. The van der Waals surface area contributed by atoms with Crippen molar-refractivity contribution in [3.05, 3.63) is 0 Å². The summed E-state index contributed by atoms with van der Waals surface area (Å²) in [5.41, 5.74) is 0. The van der Waals surface area contributed by atoms with E-state index in [0.29, 0.717) is 5.92 Å². The van der Waals surface area contributed by atoms with Gasteiger partial charge in [-0.1, -0.05) is 40.0 Å². The Balaban J connectivity index is 3.31. The Morgan fingerprint density at radius 2 is 1.83 bits per heavy atom. The number of rotatable bonds is 5. The maximum absolute atomic E-state index is 3.29. The standard InChI is InChI=1S/C12H22/c1-4-6-7-8-9-11-12(3)10-5-2/h12H,4-8,10H2,1-3H3. The van der Waals surface area contributed by atoms with E-state index < -0.39 is 0 Å². The summed E-state index contributed by atoms with van der Waals surface area (Å²) in [6.07, 6.45) is 7.51. The topological polar surface area (TPSA) is 0 Å². The maximum Gasteiger partial charge on any atom is 0.0174 e. The molecule has 0 bridgehead atoms. The zero-order valence-electron chi connectivity index (χ0n) is 8.82. The Morgan fingerprint density at radius 1 is 1.08 bits per heavy atom. The van der Waals surface area contributed by atoms with Crippen LogP contribution in [0.25, 0.3) is 0 Å². The van der Waals surface area contributed by atoms with E-state index in [0.717, 1.165) is 6.42 Å². The van der Waals surface area contributed by atoms with Crippen molar-refractivity contribution in [2.75, 3.05) is 0 Å². The average Bonchev–Trinajstić information content (AvgIpc) is 2.05. The van der Waals surface area contributed by atoms with Gasteiger partial charge in [-0.3, -0.25) is 0 Å². The molecule has 0 aromatic carbocycles. The van der Waals surface area contributed by atoms with Crippen LogP contribution in [-0.4, -0.2) is 0 Å². The van der Waals surface area contributed by atoms with Crippen molar-refractivity contribution >= 4 is 0 Å². The van der Waals surface area contributed by atoms with Gasteiger partial charge < -0.3 is 0 Å². The minimum absolute atomic E-state index is 0.608. The molecule has 0 aliphatic rings. The predicted molar refractivity (Wildman–Crippen MR) is 56.0 cm³/mol. The minimum atomic E-state index is 0.608. The summed E-state index contributed by atoms with van der Waals surface area (Å²) in [7, 11) is 0. The molecule has 0 fully saturated rings. The van der Waals surface area contributed by atoms with Crippen LogP contribution in [0.2, 0.25) is 0 Å². The van der Waals surface area contributed by atoms with Crippen molar-refractivity contribution in [2.24, 2.45) is 5.92 Å². The molecule has 0 aliphatic carbocycles. The molecule has 70 valence electrons. The van der Waals surface area contributed by atoms with Gasteiger partial charge in [0.05, 0.1) is 0 Å². The van der Waals surface area contributed by atoms with Crippen LogP contribution in [0, 0.1) is 17.8 Å². The van der Waals surface area contributed by atoms with Crippen molar-refractivity contribution in [1.82, 2.24) is 0 Å². The van der Waals surface area contributed by atoms with Crippen molar-refractivity contribution in [1.29, 1.82) is 0 Å². The van der Waals surface area contributed by atoms with E-state index in [-0.39, 0.29) is 0 Å². The van der Waals surface area contributed by atoms with E-state index in [4.69, 9.17) is 0 Å². The fraction of sp³-hybridized carbons (Fsp3) is 0.833. The fourth-order valence-electron chi connectivity index (χ4n) is 1.21. The Kier molecular flexibility index (Phi) is 8.34. The van der Waals surface area contributed by atoms with Crippen LogP contribution in [0.1, 0.15) is 59.3 Å². The lowest BCUT2D eigenvalue weighted by molar-refractivity contribution is 0.651. The normalized spacial score (nSPS) is 11.9. The van der Waals surface area contributed by atoms with Crippen LogP contribution in [0.3, 0.4) is 0 Å². The molecule has 0 saturated carbocycles. The van der Waals surface area contributed by atoms with Crippen LogP contribution < -0.4 is 0 Å². The highest BCUT2D eigenvalue weighted by Crippen LogP contribution is 2.03. The van der Waals surface area contributed by atoms with Gasteiger partial charge in [0.2, 0.25) is 0 Å². The molecule has 0 nitrogen and oxygen atoms in total. The monoisotopic (exact) mass is 166 g/mol. The van der Waals surface area contributed by atoms with Gasteiger partial charge in [-0.2, -0.15) is 0 Å². The first kappa shape index (κ1) is 11.6. The van der Waals surface area contributed by atoms with Gasteiger partial charge in [-0.15, -0.1) is 11.8 Å². The summed E-state index contributed by atoms with van der Waals surface area (Å²) < 4.78 is 0. The highest BCUT2D eigenvalue weighted by Gasteiger charge is 1.92. The molecule has 0 amide bonds.